The monoisotopic (exact) mass is 257 g/mol. The van der Waals surface area contributed by atoms with Gasteiger partial charge < -0.3 is 0 Å². The zero-order valence-electron chi connectivity index (χ0n) is 6.46. The number of benzene rings is 1. The van der Waals surface area contributed by atoms with Crippen LogP contribution in [0.5, 0.6) is 0 Å². The van der Waals surface area contributed by atoms with E-state index in [0.717, 1.165) is 10.0 Å². The predicted molar refractivity (Wildman–Crippen MR) is 54.5 cm³/mol. The highest BCUT2D eigenvalue weighted by molar-refractivity contribution is 9.10. The van der Waals surface area contributed by atoms with Crippen LogP contribution in [0.4, 0.5) is 0 Å². The summed E-state index contributed by atoms with van der Waals surface area (Å²) in [5.74, 6) is 0.673. The first-order valence-electron chi connectivity index (χ1n) is 3.59. The van der Waals surface area contributed by atoms with Crippen molar-refractivity contribution < 1.29 is 0 Å². The number of aromatic nitrogens is 3. The minimum absolute atomic E-state index is 0.638. The molecule has 2 aromatic rings. The molecule has 0 aliphatic rings. The number of halogens is 2. The lowest BCUT2D eigenvalue weighted by molar-refractivity contribution is 1.09. The van der Waals surface area contributed by atoms with Gasteiger partial charge in [-0.25, -0.2) is 4.98 Å². The van der Waals surface area contributed by atoms with Crippen LogP contribution in [0.3, 0.4) is 0 Å². The van der Waals surface area contributed by atoms with Crippen LogP contribution in [0, 0.1) is 0 Å². The first kappa shape index (κ1) is 8.72. The van der Waals surface area contributed by atoms with Gasteiger partial charge in [-0.1, -0.05) is 17.7 Å². The van der Waals surface area contributed by atoms with Crippen molar-refractivity contribution in [3.05, 3.63) is 34.0 Å². The number of H-pyrrole nitrogens is 1. The van der Waals surface area contributed by atoms with Gasteiger partial charge in [0.25, 0.3) is 0 Å². The van der Waals surface area contributed by atoms with E-state index in [1.54, 1.807) is 0 Å². The summed E-state index contributed by atoms with van der Waals surface area (Å²) in [4.78, 5) is 4.02. The summed E-state index contributed by atoms with van der Waals surface area (Å²) in [6.07, 6.45) is 1.45. The number of nitrogens with zero attached hydrogens (tertiary/aromatic N) is 2. The SMILES string of the molecule is Clc1c(Br)cccc1-c1ncn[nH]1. The zero-order valence-corrected chi connectivity index (χ0v) is 8.80. The third-order valence-electron chi connectivity index (χ3n) is 1.62. The fraction of sp³-hybridized carbons (Fsp3) is 0. The van der Waals surface area contributed by atoms with E-state index in [4.69, 9.17) is 11.6 Å². The standard InChI is InChI=1S/C8H5BrClN3/c9-6-3-1-2-5(7(6)10)8-11-4-12-13-8/h1-4H,(H,11,12,13). The van der Waals surface area contributed by atoms with E-state index >= 15 is 0 Å². The second-order valence-electron chi connectivity index (χ2n) is 2.44. The highest BCUT2D eigenvalue weighted by Gasteiger charge is 2.07. The lowest BCUT2D eigenvalue weighted by atomic mass is 10.2. The average Bonchev–Trinajstić information content (AvgIpc) is 2.62. The number of hydrogen-bond acceptors (Lipinski definition) is 2. The van der Waals surface area contributed by atoms with Gasteiger partial charge in [-0.05, 0) is 28.1 Å². The van der Waals surface area contributed by atoms with E-state index < -0.39 is 0 Å². The molecule has 3 nitrogen and oxygen atoms in total. The van der Waals surface area contributed by atoms with E-state index in [1.165, 1.54) is 6.33 Å². The predicted octanol–water partition coefficient (Wildman–Crippen LogP) is 2.89. The smallest absolute Gasteiger partial charge is 0.156 e. The van der Waals surface area contributed by atoms with Gasteiger partial charge in [0.15, 0.2) is 5.82 Å². The Hall–Kier alpha value is -0.870. The van der Waals surface area contributed by atoms with Crippen molar-refractivity contribution in [1.29, 1.82) is 0 Å². The second kappa shape index (κ2) is 3.47. The van der Waals surface area contributed by atoms with E-state index in [0.29, 0.717) is 10.8 Å². The summed E-state index contributed by atoms with van der Waals surface area (Å²) in [6.45, 7) is 0. The quantitative estimate of drug-likeness (QED) is 0.854. The van der Waals surface area contributed by atoms with Crippen molar-refractivity contribution in [2.24, 2.45) is 0 Å². The molecule has 0 saturated heterocycles. The summed E-state index contributed by atoms with van der Waals surface area (Å²) >= 11 is 9.39. The summed E-state index contributed by atoms with van der Waals surface area (Å²) in [5, 5.41) is 7.15. The van der Waals surface area contributed by atoms with Crippen molar-refractivity contribution >= 4 is 27.5 Å². The number of nitrogens with one attached hydrogen (secondary N) is 1. The normalized spacial score (nSPS) is 10.3. The van der Waals surface area contributed by atoms with Gasteiger partial charge in [-0.15, -0.1) is 0 Å². The number of rotatable bonds is 1. The highest BCUT2D eigenvalue weighted by Crippen LogP contribution is 2.31. The molecule has 1 aromatic carbocycles. The molecule has 0 bridgehead atoms. The lowest BCUT2D eigenvalue weighted by Gasteiger charge is -2.00. The van der Waals surface area contributed by atoms with Crippen LogP contribution >= 0.6 is 27.5 Å². The van der Waals surface area contributed by atoms with Crippen LogP contribution in [0.15, 0.2) is 29.0 Å². The topological polar surface area (TPSA) is 41.6 Å². The number of aromatic amines is 1. The van der Waals surface area contributed by atoms with Gasteiger partial charge >= 0.3 is 0 Å². The van der Waals surface area contributed by atoms with E-state index in [1.807, 2.05) is 18.2 Å². The Balaban J connectivity index is 2.59. The van der Waals surface area contributed by atoms with Crippen LogP contribution in [0.1, 0.15) is 0 Å². The molecular weight excluding hydrogens is 253 g/mol. The molecule has 1 aromatic heterocycles. The Morgan fingerprint density at radius 1 is 1.38 bits per heavy atom. The van der Waals surface area contributed by atoms with Crippen molar-refractivity contribution in [1.82, 2.24) is 15.2 Å². The van der Waals surface area contributed by atoms with Gasteiger partial charge in [0.1, 0.15) is 6.33 Å². The molecular formula is C8H5BrClN3. The Kier molecular flexibility index (Phi) is 2.33. The molecule has 66 valence electrons. The van der Waals surface area contributed by atoms with Gasteiger partial charge in [-0.2, -0.15) is 5.10 Å². The molecule has 1 N–H and O–H groups in total. The van der Waals surface area contributed by atoms with E-state index in [2.05, 4.69) is 31.1 Å². The zero-order chi connectivity index (χ0) is 9.26. The van der Waals surface area contributed by atoms with Gasteiger partial charge in [0.2, 0.25) is 0 Å². The Bertz CT molecular complexity index is 413. The first-order valence-corrected chi connectivity index (χ1v) is 4.76. The third kappa shape index (κ3) is 1.59. The molecule has 1 heterocycles. The average molecular weight is 259 g/mol. The van der Waals surface area contributed by atoms with Crippen LogP contribution in [0.2, 0.25) is 5.02 Å². The van der Waals surface area contributed by atoms with Crippen molar-refractivity contribution in [3.63, 3.8) is 0 Å². The summed E-state index contributed by atoms with van der Waals surface area (Å²) < 4.78 is 0.850. The van der Waals surface area contributed by atoms with Crippen LogP contribution in [-0.2, 0) is 0 Å². The molecule has 0 saturated carbocycles. The lowest BCUT2D eigenvalue weighted by Crippen LogP contribution is -1.82. The molecule has 13 heavy (non-hydrogen) atoms. The van der Waals surface area contributed by atoms with E-state index in [-0.39, 0.29) is 0 Å². The molecule has 0 aliphatic carbocycles. The van der Waals surface area contributed by atoms with Gasteiger partial charge in [0, 0.05) is 10.0 Å². The molecule has 0 radical (unpaired) electrons. The first-order chi connectivity index (χ1) is 6.29. The molecule has 0 fully saturated rings. The number of hydrogen-bond donors (Lipinski definition) is 1. The Morgan fingerprint density at radius 3 is 2.92 bits per heavy atom. The molecule has 0 unspecified atom stereocenters. The molecule has 2 rings (SSSR count). The largest absolute Gasteiger partial charge is 0.259 e. The minimum atomic E-state index is 0.638. The minimum Gasteiger partial charge on any atom is -0.259 e. The molecule has 0 atom stereocenters. The van der Waals surface area contributed by atoms with Crippen LogP contribution < -0.4 is 0 Å². The third-order valence-corrected chi connectivity index (χ3v) is 2.92. The Morgan fingerprint density at radius 2 is 2.23 bits per heavy atom. The van der Waals surface area contributed by atoms with E-state index in [9.17, 15) is 0 Å². The maximum absolute atomic E-state index is 6.05. The summed E-state index contributed by atoms with van der Waals surface area (Å²) in [5.41, 5.74) is 0.841. The Labute approximate surface area is 88.3 Å². The van der Waals surface area contributed by atoms with Crippen molar-refractivity contribution in [2.45, 2.75) is 0 Å². The molecule has 0 aliphatic heterocycles. The van der Waals surface area contributed by atoms with Crippen LogP contribution in [-0.4, -0.2) is 15.2 Å². The molecule has 0 spiro atoms. The summed E-state index contributed by atoms with van der Waals surface area (Å²) in [7, 11) is 0. The van der Waals surface area contributed by atoms with Gasteiger partial charge in [-0.3, -0.25) is 5.10 Å². The van der Waals surface area contributed by atoms with Gasteiger partial charge in [0.05, 0.1) is 5.02 Å². The fourth-order valence-corrected chi connectivity index (χ4v) is 1.60. The maximum atomic E-state index is 6.05. The molecule has 5 heteroatoms. The second-order valence-corrected chi connectivity index (χ2v) is 3.67. The maximum Gasteiger partial charge on any atom is 0.156 e. The van der Waals surface area contributed by atoms with Crippen molar-refractivity contribution in [2.75, 3.05) is 0 Å². The van der Waals surface area contributed by atoms with Crippen molar-refractivity contribution in [3.8, 4) is 11.4 Å². The summed E-state index contributed by atoms with van der Waals surface area (Å²) in [6, 6.07) is 5.66. The molecule has 0 amide bonds. The van der Waals surface area contributed by atoms with Crippen LogP contribution in [0.25, 0.3) is 11.4 Å². The highest BCUT2D eigenvalue weighted by atomic mass is 79.9. The fourth-order valence-electron chi connectivity index (χ4n) is 1.02.